The van der Waals surface area contributed by atoms with Gasteiger partial charge in [-0.25, -0.2) is 9.78 Å². The molecule has 1 heterocycles. The van der Waals surface area contributed by atoms with E-state index in [1.54, 1.807) is 24.3 Å². The molecule has 1 aromatic heterocycles. The first-order valence-electron chi connectivity index (χ1n) is 8.18. The van der Waals surface area contributed by atoms with Crippen molar-refractivity contribution in [3.8, 4) is 11.5 Å². The molecular formula is C19H23N3O4. The van der Waals surface area contributed by atoms with Gasteiger partial charge in [0.1, 0.15) is 12.4 Å². The standard InChI is InChI=1S/C19H23N3O4/c1-19(2,3)15(12-25-18(20)24)22-17(23)16-14(10-7-11-21-16)26-13-8-5-4-6-9-13/h4-11,15H,12H2,1-3H3,(H2,20,24)(H,22,23). The summed E-state index contributed by atoms with van der Waals surface area (Å²) in [7, 11) is 0. The summed E-state index contributed by atoms with van der Waals surface area (Å²) in [4.78, 5) is 27.8. The Kier molecular flexibility index (Phi) is 6.16. The van der Waals surface area contributed by atoms with E-state index in [-0.39, 0.29) is 17.7 Å². The highest BCUT2D eigenvalue weighted by atomic mass is 16.5. The molecular weight excluding hydrogens is 334 g/mol. The Hall–Kier alpha value is -3.09. The molecule has 138 valence electrons. The molecule has 26 heavy (non-hydrogen) atoms. The predicted molar refractivity (Wildman–Crippen MR) is 97.0 cm³/mol. The number of pyridine rings is 1. The van der Waals surface area contributed by atoms with E-state index in [0.717, 1.165) is 0 Å². The van der Waals surface area contributed by atoms with Crippen molar-refractivity contribution in [1.82, 2.24) is 10.3 Å². The number of primary amides is 1. The Bertz CT molecular complexity index is 757. The molecule has 0 aliphatic carbocycles. The van der Waals surface area contributed by atoms with Gasteiger partial charge in [0.15, 0.2) is 11.4 Å². The number of nitrogens with one attached hydrogen (secondary N) is 1. The minimum atomic E-state index is -0.889. The zero-order valence-corrected chi connectivity index (χ0v) is 15.1. The molecule has 1 aromatic carbocycles. The topological polar surface area (TPSA) is 104 Å². The van der Waals surface area contributed by atoms with Gasteiger partial charge in [-0.1, -0.05) is 39.0 Å². The first kappa shape index (κ1) is 19.2. The lowest BCUT2D eigenvalue weighted by Crippen LogP contribution is -2.47. The summed E-state index contributed by atoms with van der Waals surface area (Å²) in [6.45, 7) is 5.72. The number of benzene rings is 1. The summed E-state index contributed by atoms with van der Waals surface area (Å²) in [6, 6.07) is 12.0. The second kappa shape index (κ2) is 8.33. The van der Waals surface area contributed by atoms with Gasteiger partial charge in [-0.05, 0) is 29.7 Å². The van der Waals surface area contributed by atoms with Crippen LogP contribution in [0.3, 0.4) is 0 Å². The molecule has 0 saturated carbocycles. The van der Waals surface area contributed by atoms with Crippen molar-refractivity contribution < 1.29 is 19.1 Å². The van der Waals surface area contributed by atoms with Gasteiger partial charge in [0.2, 0.25) is 0 Å². The van der Waals surface area contributed by atoms with Crippen molar-refractivity contribution in [2.75, 3.05) is 6.61 Å². The number of aromatic nitrogens is 1. The van der Waals surface area contributed by atoms with Gasteiger partial charge in [-0.3, -0.25) is 4.79 Å². The van der Waals surface area contributed by atoms with Crippen LogP contribution in [0.1, 0.15) is 31.3 Å². The molecule has 0 spiro atoms. The normalized spacial score (nSPS) is 12.1. The van der Waals surface area contributed by atoms with E-state index in [2.05, 4.69) is 10.3 Å². The van der Waals surface area contributed by atoms with Gasteiger partial charge in [0.05, 0.1) is 6.04 Å². The fourth-order valence-corrected chi connectivity index (χ4v) is 2.16. The highest BCUT2D eigenvalue weighted by molar-refractivity contribution is 5.95. The Morgan fingerprint density at radius 3 is 2.46 bits per heavy atom. The molecule has 0 aliphatic heterocycles. The maximum atomic E-state index is 12.7. The molecule has 7 heteroatoms. The Morgan fingerprint density at radius 1 is 1.15 bits per heavy atom. The number of rotatable bonds is 6. The molecule has 0 bridgehead atoms. The van der Waals surface area contributed by atoms with E-state index in [9.17, 15) is 9.59 Å². The molecule has 3 N–H and O–H groups in total. The quantitative estimate of drug-likeness (QED) is 0.827. The average Bonchev–Trinajstić information content (AvgIpc) is 2.58. The summed E-state index contributed by atoms with van der Waals surface area (Å²) in [5.74, 6) is 0.503. The van der Waals surface area contributed by atoms with Gasteiger partial charge < -0.3 is 20.5 Å². The third-order valence-electron chi connectivity index (χ3n) is 3.70. The van der Waals surface area contributed by atoms with Crippen LogP contribution in [-0.2, 0) is 4.74 Å². The van der Waals surface area contributed by atoms with Crippen molar-refractivity contribution in [2.45, 2.75) is 26.8 Å². The van der Waals surface area contributed by atoms with E-state index >= 15 is 0 Å². The van der Waals surface area contributed by atoms with Crippen molar-refractivity contribution in [3.63, 3.8) is 0 Å². The minimum Gasteiger partial charge on any atom is -0.455 e. The largest absolute Gasteiger partial charge is 0.455 e. The molecule has 0 fully saturated rings. The third kappa shape index (κ3) is 5.47. The lowest BCUT2D eigenvalue weighted by atomic mass is 9.87. The molecule has 0 aliphatic rings. The summed E-state index contributed by atoms with van der Waals surface area (Å²) in [5.41, 5.74) is 4.81. The number of carbonyl (C=O) groups is 2. The zero-order chi connectivity index (χ0) is 19.2. The number of hydrogen-bond acceptors (Lipinski definition) is 5. The van der Waals surface area contributed by atoms with Crippen LogP contribution in [0.4, 0.5) is 4.79 Å². The molecule has 0 saturated heterocycles. The van der Waals surface area contributed by atoms with Crippen LogP contribution in [-0.4, -0.2) is 29.6 Å². The van der Waals surface area contributed by atoms with Gasteiger partial charge in [-0.15, -0.1) is 0 Å². The van der Waals surface area contributed by atoms with Crippen LogP contribution >= 0.6 is 0 Å². The number of nitrogens with two attached hydrogens (primary N) is 1. The fraction of sp³-hybridized carbons (Fsp3) is 0.316. The van der Waals surface area contributed by atoms with Gasteiger partial charge >= 0.3 is 6.09 Å². The van der Waals surface area contributed by atoms with Crippen molar-refractivity contribution >= 4 is 12.0 Å². The minimum absolute atomic E-state index is 0.0354. The summed E-state index contributed by atoms with van der Waals surface area (Å²) >= 11 is 0. The highest BCUT2D eigenvalue weighted by Gasteiger charge is 2.29. The Morgan fingerprint density at radius 2 is 1.85 bits per heavy atom. The Balaban J connectivity index is 2.18. The lowest BCUT2D eigenvalue weighted by molar-refractivity contribution is 0.0797. The van der Waals surface area contributed by atoms with Gasteiger partial charge in [0.25, 0.3) is 5.91 Å². The van der Waals surface area contributed by atoms with Crippen molar-refractivity contribution in [1.29, 1.82) is 0 Å². The van der Waals surface area contributed by atoms with Gasteiger partial charge in [-0.2, -0.15) is 0 Å². The smallest absolute Gasteiger partial charge is 0.404 e. The molecule has 2 amide bonds. The van der Waals surface area contributed by atoms with Crippen LogP contribution in [0.15, 0.2) is 48.7 Å². The highest BCUT2D eigenvalue weighted by Crippen LogP contribution is 2.25. The summed E-state index contributed by atoms with van der Waals surface area (Å²) in [6.07, 6.45) is 0.623. The first-order chi connectivity index (χ1) is 12.3. The maximum absolute atomic E-state index is 12.7. The van der Waals surface area contributed by atoms with Crippen molar-refractivity contribution in [2.24, 2.45) is 11.1 Å². The number of nitrogens with zero attached hydrogens (tertiary/aromatic N) is 1. The number of para-hydroxylation sites is 1. The Labute approximate surface area is 152 Å². The van der Waals surface area contributed by atoms with Crippen molar-refractivity contribution in [3.05, 3.63) is 54.4 Å². The molecule has 2 aromatic rings. The molecule has 0 radical (unpaired) electrons. The lowest BCUT2D eigenvalue weighted by Gasteiger charge is -2.30. The monoisotopic (exact) mass is 357 g/mol. The van der Waals surface area contributed by atoms with E-state index in [1.807, 2.05) is 39.0 Å². The van der Waals surface area contributed by atoms with Gasteiger partial charge in [0, 0.05) is 6.20 Å². The second-order valence-corrected chi connectivity index (χ2v) is 6.79. The zero-order valence-electron chi connectivity index (χ0n) is 15.1. The van der Waals surface area contributed by atoms with Crippen LogP contribution in [0.5, 0.6) is 11.5 Å². The molecule has 1 unspecified atom stereocenters. The van der Waals surface area contributed by atoms with E-state index in [4.69, 9.17) is 15.2 Å². The summed E-state index contributed by atoms with van der Waals surface area (Å²) < 4.78 is 10.6. The summed E-state index contributed by atoms with van der Waals surface area (Å²) in [5, 5.41) is 2.84. The van der Waals surface area contributed by atoms with Crippen LogP contribution < -0.4 is 15.8 Å². The SMILES string of the molecule is CC(C)(C)C(COC(N)=O)NC(=O)c1ncccc1Oc1ccccc1. The molecule has 1 atom stereocenters. The van der Waals surface area contributed by atoms with Crippen LogP contribution in [0.2, 0.25) is 0 Å². The number of amides is 2. The third-order valence-corrected chi connectivity index (χ3v) is 3.70. The molecule has 2 rings (SSSR count). The number of ether oxygens (including phenoxy) is 2. The first-order valence-corrected chi connectivity index (χ1v) is 8.18. The van der Waals surface area contributed by atoms with Crippen LogP contribution in [0.25, 0.3) is 0 Å². The van der Waals surface area contributed by atoms with Crippen LogP contribution in [0, 0.1) is 5.41 Å². The van der Waals surface area contributed by atoms with E-state index < -0.39 is 18.0 Å². The number of carbonyl (C=O) groups excluding carboxylic acids is 2. The fourth-order valence-electron chi connectivity index (χ4n) is 2.16. The van der Waals surface area contributed by atoms with E-state index in [0.29, 0.717) is 11.5 Å². The maximum Gasteiger partial charge on any atom is 0.404 e. The average molecular weight is 357 g/mol. The predicted octanol–water partition coefficient (Wildman–Crippen LogP) is 3.11. The van der Waals surface area contributed by atoms with E-state index in [1.165, 1.54) is 6.20 Å². The second-order valence-electron chi connectivity index (χ2n) is 6.79. The molecule has 7 nitrogen and oxygen atoms in total. The number of hydrogen-bond donors (Lipinski definition) is 2.